The summed E-state index contributed by atoms with van der Waals surface area (Å²) in [6.07, 6.45) is 2.50. The monoisotopic (exact) mass is 207 g/mol. The summed E-state index contributed by atoms with van der Waals surface area (Å²) < 4.78 is 1.84. The van der Waals surface area contributed by atoms with Gasteiger partial charge in [0.1, 0.15) is 0 Å². The van der Waals surface area contributed by atoms with Gasteiger partial charge in [0.15, 0.2) is 5.78 Å². The lowest BCUT2D eigenvalue weighted by molar-refractivity contribution is 0.0945. The number of hydrogen-bond donors (Lipinski definition) is 1. The van der Waals surface area contributed by atoms with E-state index in [1.54, 1.807) is 0 Å². The Morgan fingerprint density at radius 3 is 2.93 bits per heavy atom. The molecule has 1 aromatic heterocycles. The van der Waals surface area contributed by atoms with Gasteiger partial charge in [-0.2, -0.15) is 5.10 Å². The average Bonchev–Trinajstić information content (AvgIpc) is 2.43. The molecule has 1 heterocycles. The highest BCUT2D eigenvalue weighted by molar-refractivity contribution is 5.99. The summed E-state index contributed by atoms with van der Waals surface area (Å²) in [5.74, 6) is 0.644. The number of nitrogens with two attached hydrogens (primary N) is 1. The van der Waals surface area contributed by atoms with Gasteiger partial charge in [0, 0.05) is 19.2 Å². The lowest BCUT2D eigenvalue weighted by Crippen LogP contribution is -2.23. The minimum atomic E-state index is 0.236. The van der Waals surface area contributed by atoms with E-state index < -0.39 is 0 Å². The van der Waals surface area contributed by atoms with Crippen molar-refractivity contribution < 1.29 is 4.79 Å². The van der Waals surface area contributed by atoms with Gasteiger partial charge in [0.25, 0.3) is 0 Å². The maximum Gasteiger partial charge on any atom is 0.166 e. The molecule has 15 heavy (non-hydrogen) atoms. The molecule has 0 aromatic carbocycles. The van der Waals surface area contributed by atoms with Crippen molar-refractivity contribution in [3.05, 3.63) is 17.0 Å². The van der Waals surface area contributed by atoms with E-state index in [1.807, 2.05) is 18.7 Å². The summed E-state index contributed by atoms with van der Waals surface area (Å²) in [7, 11) is 1.91. The Morgan fingerprint density at radius 2 is 2.27 bits per heavy atom. The van der Waals surface area contributed by atoms with Crippen LogP contribution in [0, 0.1) is 12.8 Å². The molecule has 1 aliphatic carbocycles. The Balaban J connectivity index is 2.34. The average molecular weight is 207 g/mol. The molecule has 1 atom stereocenters. The number of aromatic nitrogens is 2. The summed E-state index contributed by atoms with van der Waals surface area (Å²) in [5, 5.41) is 4.30. The predicted octanol–water partition coefficient (Wildman–Crippen LogP) is 0.822. The van der Waals surface area contributed by atoms with Crippen molar-refractivity contribution >= 4 is 5.78 Å². The Morgan fingerprint density at radius 1 is 1.53 bits per heavy atom. The minimum Gasteiger partial charge on any atom is -0.330 e. The summed E-state index contributed by atoms with van der Waals surface area (Å²) in [6, 6.07) is 0. The van der Waals surface area contributed by atoms with Crippen LogP contribution in [-0.4, -0.2) is 22.1 Å². The first-order valence-corrected chi connectivity index (χ1v) is 5.39. The summed E-state index contributed by atoms with van der Waals surface area (Å²) in [5.41, 5.74) is 8.34. The Kier molecular flexibility index (Phi) is 2.61. The highest BCUT2D eigenvalue weighted by Gasteiger charge is 2.29. The number of Topliss-reactive ketones (excluding diaryl/α,β-unsaturated/α-hetero) is 1. The number of hydrogen-bond acceptors (Lipinski definition) is 3. The molecule has 1 aromatic rings. The van der Waals surface area contributed by atoms with Gasteiger partial charge in [-0.15, -0.1) is 0 Å². The van der Waals surface area contributed by atoms with Crippen molar-refractivity contribution in [2.75, 3.05) is 6.54 Å². The largest absolute Gasteiger partial charge is 0.330 e. The number of nitrogens with zero attached hydrogens (tertiary/aromatic N) is 2. The zero-order valence-corrected chi connectivity index (χ0v) is 9.29. The van der Waals surface area contributed by atoms with Gasteiger partial charge < -0.3 is 5.73 Å². The van der Waals surface area contributed by atoms with Crippen molar-refractivity contribution in [2.24, 2.45) is 18.7 Å². The fourth-order valence-electron chi connectivity index (χ4n) is 2.45. The van der Waals surface area contributed by atoms with Crippen LogP contribution in [0.25, 0.3) is 0 Å². The molecule has 0 radical (unpaired) electrons. The lowest BCUT2D eigenvalue weighted by atomic mass is 9.84. The van der Waals surface area contributed by atoms with Crippen molar-refractivity contribution in [1.29, 1.82) is 0 Å². The fraction of sp³-hybridized carbons (Fsp3) is 0.636. The quantitative estimate of drug-likeness (QED) is 0.781. The smallest absolute Gasteiger partial charge is 0.166 e. The normalized spacial score (nSPS) is 20.5. The van der Waals surface area contributed by atoms with Gasteiger partial charge in [0.05, 0.1) is 11.3 Å². The zero-order valence-electron chi connectivity index (χ0n) is 9.29. The molecule has 1 unspecified atom stereocenters. The number of ketones is 1. The van der Waals surface area contributed by atoms with Crippen LogP contribution in [0.15, 0.2) is 0 Å². The summed E-state index contributed by atoms with van der Waals surface area (Å²) in [4.78, 5) is 11.9. The summed E-state index contributed by atoms with van der Waals surface area (Å²) in [6.45, 7) is 2.56. The molecule has 82 valence electrons. The molecular formula is C11H17N3O. The molecule has 2 N–H and O–H groups in total. The van der Waals surface area contributed by atoms with Crippen LogP contribution in [0.5, 0.6) is 0 Å². The number of fused-ring (bicyclic) bond motifs is 1. The van der Waals surface area contributed by atoms with E-state index in [0.717, 1.165) is 29.8 Å². The second-order valence-corrected chi connectivity index (χ2v) is 4.31. The van der Waals surface area contributed by atoms with Crippen LogP contribution in [0.3, 0.4) is 0 Å². The maximum atomic E-state index is 11.9. The minimum absolute atomic E-state index is 0.236. The van der Waals surface area contributed by atoms with Crippen LogP contribution < -0.4 is 5.73 Å². The van der Waals surface area contributed by atoms with E-state index in [-0.39, 0.29) is 5.78 Å². The first-order valence-electron chi connectivity index (χ1n) is 5.39. The number of rotatable bonds is 2. The van der Waals surface area contributed by atoms with Crippen LogP contribution >= 0.6 is 0 Å². The van der Waals surface area contributed by atoms with E-state index >= 15 is 0 Å². The van der Waals surface area contributed by atoms with Gasteiger partial charge in [-0.1, -0.05) is 0 Å². The van der Waals surface area contributed by atoms with Crippen LogP contribution in [0.2, 0.25) is 0 Å². The molecule has 0 saturated heterocycles. The fourth-order valence-corrected chi connectivity index (χ4v) is 2.45. The summed E-state index contributed by atoms with van der Waals surface area (Å²) >= 11 is 0. The van der Waals surface area contributed by atoms with Gasteiger partial charge in [-0.3, -0.25) is 9.48 Å². The topological polar surface area (TPSA) is 60.9 Å². The van der Waals surface area contributed by atoms with Gasteiger partial charge in [0.2, 0.25) is 0 Å². The molecule has 4 heteroatoms. The molecule has 0 spiro atoms. The van der Waals surface area contributed by atoms with E-state index in [1.165, 1.54) is 0 Å². The third-order valence-electron chi connectivity index (χ3n) is 3.15. The van der Waals surface area contributed by atoms with Crippen molar-refractivity contribution in [3.8, 4) is 0 Å². The third kappa shape index (κ3) is 1.69. The molecule has 0 fully saturated rings. The van der Waals surface area contributed by atoms with Crippen LogP contribution in [0.1, 0.15) is 34.6 Å². The highest BCUT2D eigenvalue weighted by atomic mass is 16.1. The van der Waals surface area contributed by atoms with Gasteiger partial charge >= 0.3 is 0 Å². The third-order valence-corrected chi connectivity index (χ3v) is 3.15. The Bertz CT molecular complexity index is 395. The molecule has 0 saturated carbocycles. The zero-order chi connectivity index (χ0) is 11.0. The Labute approximate surface area is 89.5 Å². The molecule has 1 aliphatic rings. The lowest BCUT2D eigenvalue weighted by Gasteiger charge is -2.21. The second kappa shape index (κ2) is 3.77. The molecule has 2 rings (SSSR count). The first kappa shape index (κ1) is 10.4. The van der Waals surface area contributed by atoms with Gasteiger partial charge in [-0.25, -0.2) is 0 Å². The molecular weight excluding hydrogens is 190 g/mol. The number of carbonyl (C=O) groups is 1. The molecule has 4 nitrogen and oxygen atoms in total. The maximum absolute atomic E-state index is 11.9. The molecule has 0 bridgehead atoms. The van der Waals surface area contributed by atoms with Crippen molar-refractivity contribution in [2.45, 2.75) is 26.2 Å². The van der Waals surface area contributed by atoms with E-state index in [9.17, 15) is 4.79 Å². The van der Waals surface area contributed by atoms with E-state index in [4.69, 9.17) is 5.73 Å². The van der Waals surface area contributed by atoms with Crippen molar-refractivity contribution in [3.63, 3.8) is 0 Å². The van der Waals surface area contributed by atoms with E-state index in [0.29, 0.717) is 18.9 Å². The second-order valence-electron chi connectivity index (χ2n) is 4.31. The predicted molar refractivity (Wildman–Crippen MR) is 57.8 cm³/mol. The number of aryl methyl sites for hydroxylation is 2. The standard InChI is InChI=1S/C11H17N3O/c1-7-11-9(14(2)13-7)5-8(3-4-12)6-10(11)15/h8H,3-6,12H2,1-2H3. The Hall–Kier alpha value is -1.16. The van der Waals surface area contributed by atoms with E-state index in [2.05, 4.69) is 5.10 Å². The highest BCUT2D eigenvalue weighted by Crippen LogP contribution is 2.28. The van der Waals surface area contributed by atoms with Gasteiger partial charge in [-0.05, 0) is 32.2 Å². The van der Waals surface area contributed by atoms with Crippen LogP contribution in [-0.2, 0) is 13.5 Å². The molecule has 0 amide bonds. The van der Waals surface area contributed by atoms with Crippen LogP contribution in [0.4, 0.5) is 0 Å². The molecule has 0 aliphatic heterocycles. The SMILES string of the molecule is Cc1nn(C)c2c1C(=O)CC(CCN)C2. The van der Waals surface area contributed by atoms with Crippen molar-refractivity contribution in [1.82, 2.24) is 9.78 Å². The number of carbonyl (C=O) groups excluding carboxylic acids is 1. The first-order chi connectivity index (χ1) is 7.13.